The van der Waals surface area contributed by atoms with Crippen LogP contribution in [0.5, 0.6) is 11.5 Å². The molecule has 0 spiro atoms. The van der Waals surface area contributed by atoms with Gasteiger partial charge in [0.25, 0.3) is 0 Å². The summed E-state index contributed by atoms with van der Waals surface area (Å²) in [7, 11) is 0. The molecule has 23 heavy (non-hydrogen) atoms. The van der Waals surface area contributed by atoms with Gasteiger partial charge >= 0.3 is 0 Å². The van der Waals surface area contributed by atoms with Gasteiger partial charge in [-0.05, 0) is 25.1 Å². The lowest BCUT2D eigenvalue weighted by Crippen LogP contribution is -2.21. The van der Waals surface area contributed by atoms with Crippen molar-refractivity contribution in [3.05, 3.63) is 58.1 Å². The minimum atomic E-state index is -0.585. The largest absolute Gasteiger partial charge is 0.507 e. The smallest absolute Gasteiger partial charge is 0.201 e. The van der Waals surface area contributed by atoms with E-state index in [1.54, 1.807) is 6.92 Å². The van der Waals surface area contributed by atoms with Crippen molar-refractivity contribution in [1.29, 1.82) is 0 Å². The number of rotatable bonds is 3. The summed E-state index contributed by atoms with van der Waals surface area (Å²) in [5.74, 6) is -1.65. The topological polar surface area (TPSA) is 96.2 Å². The van der Waals surface area contributed by atoms with Crippen molar-refractivity contribution in [1.82, 2.24) is 0 Å². The van der Waals surface area contributed by atoms with Crippen LogP contribution in [0.3, 0.4) is 0 Å². The molecule has 2 aromatic carbocycles. The fourth-order valence-electron chi connectivity index (χ4n) is 2.55. The Balaban J connectivity index is 2.17. The Morgan fingerprint density at radius 2 is 1.78 bits per heavy atom. The molecule has 0 bridgehead atoms. The molecule has 0 aliphatic heterocycles. The molecular weight excluding hydrogens is 298 g/mol. The maximum Gasteiger partial charge on any atom is 0.201 e. The Morgan fingerprint density at radius 3 is 2.52 bits per heavy atom. The van der Waals surface area contributed by atoms with Crippen LogP contribution in [0.2, 0.25) is 0 Å². The number of hydrogen-bond donors (Lipinski definition) is 2. The third-order valence-corrected chi connectivity index (χ3v) is 3.53. The van der Waals surface area contributed by atoms with E-state index in [1.807, 2.05) is 0 Å². The van der Waals surface area contributed by atoms with E-state index in [2.05, 4.69) is 5.16 Å². The predicted octanol–water partition coefficient (Wildman–Crippen LogP) is 2.24. The van der Waals surface area contributed by atoms with Gasteiger partial charge in [0, 0.05) is 16.7 Å². The van der Waals surface area contributed by atoms with Crippen molar-refractivity contribution in [3.8, 4) is 11.5 Å². The monoisotopic (exact) mass is 311 g/mol. The highest BCUT2D eigenvalue weighted by Crippen LogP contribution is 2.36. The maximum absolute atomic E-state index is 12.6. The van der Waals surface area contributed by atoms with Gasteiger partial charge in [-0.15, -0.1) is 0 Å². The Bertz CT molecular complexity index is 854. The lowest BCUT2D eigenvalue weighted by molar-refractivity contribution is 0.0974. The van der Waals surface area contributed by atoms with Gasteiger partial charge < -0.3 is 15.1 Å². The summed E-state index contributed by atoms with van der Waals surface area (Å²) in [6.45, 7) is 2.16. The highest BCUT2D eigenvalue weighted by atomic mass is 16.6. The van der Waals surface area contributed by atoms with Gasteiger partial charge in [0.1, 0.15) is 18.1 Å². The van der Waals surface area contributed by atoms with Crippen LogP contribution in [0.1, 0.15) is 44.3 Å². The fraction of sp³-hybridized carbons (Fsp3) is 0.118. The summed E-state index contributed by atoms with van der Waals surface area (Å²) in [5, 5.41) is 23.7. The molecule has 0 unspecified atom stereocenters. The molecule has 0 saturated carbocycles. The number of oxime groups is 1. The van der Waals surface area contributed by atoms with E-state index >= 15 is 0 Å². The van der Waals surface area contributed by atoms with Gasteiger partial charge in [-0.3, -0.25) is 9.59 Å². The Labute approximate surface area is 131 Å². The fourth-order valence-corrected chi connectivity index (χ4v) is 2.55. The number of ketones is 2. The van der Waals surface area contributed by atoms with Crippen molar-refractivity contribution in [2.75, 3.05) is 6.61 Å². The summed E-state index contributed by atoms with van der Waals surface area (Å²) in [4.78, 5) is 30.0. The van der Waals surface area contributed by atoms with E-state index in [1.165, 1.54) is 36.5 Å². The minimum absolute atomic E-state index is 0.0750. The van der Waals surface area contributed by atoms with Crippen molar-refractivity contribution in [3.63, 3.8) is 0 Å². The molecule has 6 nitrogen and oxygen atoms in total. The SMILES string of the molecule is CCO/N=C/c1cc(O)c2c(c1)C(=O)c1cccc(O)c1C2=O. The summed E-state index contributed by atoms with van der Waals surface area (Å²) in [6.07, 6.45) is 1.35. The van der Waals surface area contributed by atoms with Gasteiger partial charge in [0.2, 0.25) is 5.78 Å². The first-order chi connectivity index (χ1) is 11.0. The van der Waals surface area contributed by atoms with Crippen molar-refractivity contribution in [2.24, 2.45) is 5.16 Å². The second-order valence-electron chi connectivity index (χ2n) is 4.97. The summed E-state index contributed by atoms with van der Waals surface area (Å²) in [5.41, 5.74) is 0.417. The summed E-state index contributed by atoms with van der Waals surface area (Å²) < 4.78 is 0. The highest BCUT2D eigenvalue weighted by Gasteiger charge is 2.34. The van der Waals surface area contributed by atoms with Crippen LogP contribution >= 0.6 is 0 Å². The molecular formula is C17H13NO5. The first kappa shape index (κ1) is 14.8. The first-order valence-corrected chi connectivity index (χ1v) is 6.98. The molecule has 3 rings (SSSR count). The summed E-state index contributed by atoms with van der Waals surface area (Å²) in [6, 6.07) is 7.07. The van der Waals surface area contributed by atoms with Gasteiger partial charge in [0.15, 0.2) is 5.78 Å². The van der Waals surface area contributed by atoms with Crippen LogP contribution < -0.4 is 0 Å². The van der Waals surface area contributed by atoms with E-state index in [0.29, 0.717) is 12.2 Å². The highest BCUT2D eigenvalue weighted by molar-refractivity contribution is 6.30. The number of fused-ring (bicyclic) bond motifs is 2. The maximum atomic E-state index is 12.6. The number of carbonyl (C=O) groups is 2. The van der Waals surface area contributed by atoms with Crippen LogP contribution in [0.25, 0.3) is 0 Å². The number of nitrogens with zero attached hydrogens (tertiary/aromatic N) is 1. The second-order valence-corrected chi connectivity index (χ2v) is 4.97. The molecule has 0 atom stereocenters. The van der Waals surface area contributed by atoms with Crippen LogP contribution in [-0.2, 0) is 4.84 Å². The third kappa shape index (κ3) is 2.34. The lowest BCUT2D eigenvalue weighted by atomic mass is 9.82. The molecule has 0 aromatic heterocycles. The molecule has 6 heteroatoms. The zero-order valence-corrected chi connectivity index (χ0v) is 12.2. The molecule has 2 aromatic rings. The normalized spacial score (nSPS) is 13.1. The number of phenolic OH excluding ortho intramolecular Hbond substituents is 2. The quantitative estimate of drug-likeness (QED) is 0.571. The zero-order valence-electron chi connectivity index (χ0n) is 12.2. The second kappa shape index (κ2) is 5.57. The van der Waals surface area contributed by atoms with E-state index < -0.39 is 11.6 Å². The van der Waals surface area contributed by atoms with Gasteiger partial charge in [-0.25, -0.2) is 0 Å². The van der Waals surface area contributed by atoms with Gasteiger partial charge in [-0.1, -0.05) is 17.3 Å². The van der Waals surface area contributed by atoms with Gasteiger partial charge in [-0.2, -0.15) is 0 Å². The molecule has 116 valence electrons. The Hall–Kier alpha value is -3.15. The van der Waals surface area contributed by atoms with Crippen LogP contribution in [0.15, 0.2) is 35.5 Å². The molecule has 0 fully saturated rings. The van der Waals surface area contributed by atoms with Gasteiger partial charge in [0.05, 0.1) is 17.3 Å². The number of aromatic hydroxyl groups is 2. The zero-order chi connectivity index (χ0) is 16.6. The number of carbonyl (C=O) groups excluding carboxylic acids is 2. The number of benzene rings is 2. The van der Waals surface area contributed by atoms with Crippen LogP contribution in [0, 0.1) is 0 Å². The summed E-state index contributed by atoms with van der Waals surface area (Å²) >= 11 is 0. The average Bonchev–Trinajstić information content (AvgIpc) is 2.52. The average molecular weight is 311 g/mol. The molecule has 1 aliphatic carbocycles. The first-order valence-electron chi connectivity index (χ1n) is 6.98. The number of phenols is 2. The molecule has 0 saturated heterocycles. The van der Waals surface area contributed by atoms with Crippen LogP contribution in [0.4, 0.5) is 0 Å². The van der Waals surface area contributed by atoms with Crippen molar-refractivity contribution < 1.29 is 24.6 Å². The Kier molecular flexibility index (Phi) is 3.57. The van der Waals surface area contributed by atoms with Crippen LogP contribution in [-0.4, -0.2) is 34.6 Å². The van der Waals surface area contributed by atoms with E-state index in [0.717, 1.165) is 0 Å². The Morgan fingerprint density at radius 1 is 1.04 bits per heavy atom. The molecule has 0 radical (unpaired) electrons. The molecule has 0 amide bonds. The minimum Gasteiger partial charge on any atom is -0.507 e. The third-order valence-electron chi connectivity index (χ3n) is 3.53. The lowest BCUT2D eigenvalue weighted by Gasteiger charge is -2.19. The van der Waals surface area contributed by atoms with E-state index in [4.69, 9.17) is 4.84 Å². The number of hydrogen-bond acceptors (Lipinski definition) is 6. The standard InChI is InChI=1S/C17H13NO5/c1-2-23-18-8-9-6-11-15(13(20)7-9)17(22)14-10(16(11)21)4-3-5-12(14)19/h3-8,19-20H,2H2,1H3/b18-8+. The van der Waals surface area contributed by atoms with E-state index in [9.17, 15) is 19.8 Å². The molecule has 1 aliphatic rings. The molecule has 0 heterocycles. The molecule has 2 N–H and O–H groups in total. The van der Waals surface area contributed by atoms with Crippen molar-refractivity contribution >= 4 is 17.8 Å². The predicted molar refractivity (Wildman–Crippen MR) is 82.3 cm³/mol. The van der Waals surface area contributed by atoms with E-state index in [-0.39, 0.29) is 33.8 Å². The van der Waals surface area contributed by atoms with Crippen molar-refractivity contribution in [2.45, 2.75) is 6.92 Å².